The SMILES string of the molecule is C=C(C)C(=O)OCC(O)CNCCN(C)CC(=O)O. The number of likely N-dealkylation sites (N-methyl/N-ethyl adjacent to an activating group) is 1. The van der Waals surface area contributed by atoms with E-state index < -0.39 is 18.0 Å². The van der Waals surface area contributed by atoms with Crippen molar-refractivity contribution in [3.8, 4) is 0 Å². The topological polar surface area (TPSA) is 99.1 Å². The van der Waals surface area contributed by atoms with Gasteiger partial charge in [-0.1, -0.05) is 6.58 Å². The first-order valence-electron chi connectivity index (χ1n) is 5.94. The highest BCUT2D eigenvalue weighted by atomic mass is 16.5. The highest BCUT2D eigenvalue weighted by Crippen LogP contribution is 1.93. The molecule has 110 valence electrons. The van der Waals surface area contributed by atoms with Crippen molar-refractivity contribution in [1.29, 1.82) is 0 Å². The van der Waals surface area contributed by atoms with E-state index in [2.05, 4.69) is 11.9 Å². The lowest BCUT2D eigenvalue weighted by Gasteiger charge is -2.16. The van der Waals surface area contributed by atoms with Gasteiger partial charge in [-0.2, -0.15) is 0 Å². The van der Waals surface area contributed by atoms with Crippen LogP contribution >= 0.6 is 0 Å². The van der Waals surface area contributed by atoms with E-state index in [0.717, 1.165) is 0 Å². The number of carboxylic acid groups (broad SMARTS) is 1. The molecular weight excluding hydrogens is 252 g/mol. The van der Waals surface area contributed by atoms with Crippen LogP contribution in [0.5, 0.6) is 0 Å². The molecular formula is C12H22N2O5. The minimum atomic E-state index is -0.880. The van der Waals surface area contributed by atoms with Crippen LogP contribution in [0.15, 0.2) is 12.2 Å². The number of aliphatic hydroxyl groups is 1. The molecule has 0 aromatic rings. The number of carbonyl (C=O) groups is 2. The molecule has 0 aliphatic heterocycles. The number of ether oxygens (including phenoxy) is 1. The molecule has 1 unspecified atom stereocenters. The maximum Gasteiger partial charge on any atom is 0.333 e. The molecule has 0 spiro atoms. The normalized spacial score (nSPS) is 12.2. The van der Waals surface area contributed by atoms with Gasteiger partial charge >= 0.3 is 11.9 Å². The Morgan fingerprint density at radius 2 is 2.11 bits per heavy atom. The maximum atomic E-state index is 11.1. The van der Waals surface area contributed by atoms with Crippen LogP contribution in [0.1, 0.15) is 6.92 Å². The second-order valence-electron chi connectivity index (χ2n) is 4.37. The summed E-state index contributed by atoms with van der Waals surface area (Å²) in [6.07, 6.45) is -0.798. The molecule has 0 aliphatic carbocycles. The average molecular weight is 274 g/mol. The predicted octanol–water partition coefficient (Wildman–Crippen LogP) is -0.927. The lowest BCUT2D eigenvalue weighted by molar-refractivity contribution is -0.141. The molecule has 0 rings (SSSR count). The van der Waals surface area contributed by atoms with E-state index in [4.69, 9.17) is 9.84 Å². The monoisotopic (exact) mass is 274 g/mol. The summed E-state index contributed by atoms with van der Waals surface area (Å²) in [7, 11) is 1.70. The Bertz CT molecular complexity index is 319. The molecule has 0 saturated carbocycles. The van der Waals surface area contributed by atoms with Crippen molar-refractivity contribution in [2.75, 3.05) is 39.8 Å². The number of hydrogen-bond acceptors (Lipinski definition) is 6. The van der Waals surface area contributed by atoms with Crippen LogP contribution in [0.25, 0.3) is 0 Å². The molecule has 7 nitrogen and oxygen atoms in total. The fraction of sp³-hybridized carbons (Fsp3) is 0.667. The summed E-state index contributed by atoms with van der Waals surface area (Å²) in [6.45, 7) is 6.19. The van der Waals surface area contributed by atoms with Crippen molar-refractivity contribution in [3.63, 3.8) is 0 Å². The third-order valence-electron chi connectivity index (χ3n) is 2.21. The van der Waals surface area contributed by atoms with E-state index >= 15 is 0 Å². The summed E-state index contributed by atoms with van der Waals surface area (Å²) in [6, 6.07) is 0. The fourth-order valence-electron chi connectivity index (χ4n) is 1.20. The standard InChI is InChI=1S/C12H22N2O5/c1-9(2)12(18)19-8-10(15)6-13-4-5-14(3)7-11(16)17/h10,13,15H,1,4-8H2,2-3H3,(H,16,17). The molecule has 0 aromatic heterocycles. The van der Waals surface area contributed by atoms with E-state index in [0.29, 0.717) is 13.1 Å². The van der Waals surface area contributed by atoms with Crippen molar-refractivity contribution >= 4 is 11.9 Å². The molecule has 19 heavy (non-hydrogen) atoms. The van der Waals surface area contributed by atoms with Crippen LogP contribution in [0.2, 0.25) is 0 Å². The van der Waals surface area contributed by atoms with Gasteiger partial charge in [0.05, 0.1) is 6.54 Å². The van der Waals surface area contributed by atoms with Crippen molar-refractivity contribution < 1.29 is 24.5 Å². The lowest BCUT2D eigenvalue weighted by atomic mass is 10.3. The quantitative estimate of drug-likeness (QED) is 0.269. The number of rotatable bonds is 10. The molecule has 0 amide bonds. The number of aliphatic carboxylic acids is 1. The van der Waals surface area contributed by atoms with E-state index in [1.807, 2.05) is 0 Å². The van der Waals surface area contributed by atoms with Gasteiger partial charge in [0.25, 0.3) is 0 Å². The molecule has 1 atom stereocenters. The Hall–Kier alpha value is -1.44. The lowest BCUT2D eigenvalue weighted by Crippen LogP contribution is -2.37. The van der Waals surface area contributed by atoms with E-state index in [-0.39, 0.29) is 25.3 Å². The van der Waals surface area contributed by atoms with E-state index in [9.17, 15) is 14.7 Å². The number of carboxylic acids is 1. The zero-order chi connectivity index (χ0) is 14.8. The Balaban J connectivity index is 3.58. The number of esters is 1. The molecule has 0 heterocycles. The third kappa shape index (κ3) is 10.2. The third-order valence-corrected chi connectivity index (χ3v) is 2.21. The second kappa shape index (κ2) is 9.48. The van der Waals surface area contributed by atoms with Gasteiger partial charge in [-0.15, -0.1) is 0 Å². The molecule has 0 saturated heterocycles. The van der Waals surface area contributed by atoms with Gasteiger partial charge in [0.15, 0.2) is 0 Å². The zero-order valence-electron chi connectivity index (χ0n) is 11.4. The molecule has 0 radical (unpaired) electrons. The second-order valence-corrected chi connectivity index (χ2v) is 4.37. The molecule has 0 aliphatic rings. The number of nitrogens with one attached hydrogen (secondary N) is 1. The largest absolute Gasteiger partial charge is 0.480 e. The van der Waals surface area contributed by atoms with Gasteiger partial charge in [0, 0.05) is 25.2 Å². The minimum absolute atomic E-state index is 0.0273. The summed E-state index contributed by atoms with van der Waals surface area (Å²) in [5.41, 5.74) is 0.287. The molecule has 0 fully saturated rings. The van der Waals surface area contributed by atoms with E-state index in [1.165, 1.54) is 6.92 Å². The molecule has 0 aromatic carbocycles. The van der Waals surface area contributed by atoms with Crippen molar-refractivity contribution in [3.05, 3.63) is 12.2 Å². The van der Waals surface area contributed by atoms with Crippen LogP contribution in [0.3, 0.4) is 0 Å². The maximum absolute atomic E-state index is 11.1. The minimum Gasteiger partial charge on any atom is -0.480 e. The summed E-state index contributed by atoms with van der Waals surface area (Å²) in [5, 5.41) is 21.0. The number of nitrogens with zero attached hydrogens (tertiary/aromatic N) is 1. The zero-order valence-corrected chi connectivity index (χ0v) is 11.4. The molecule has 3 N–H and O–H groups in total. The van der Waals surface area contributed by atoms with Gasteiger partial charge < -0.3 is 20.3 Å². The van der Waals surface area contributed by atoms with Crippen LogP contribution in [0, 0.1) is 0 Å². The van der Waals surface area contributed by atoms with Crippen molar-refractivity contribution in [2.45, 2.75) is 13.0 Å². The summed E-state index contributed by atoms with van der Waals surface area (Å²) < 4.78 is 4.78. The van der Waals surface area contributed by atoms with Gasteiger partial charge in [-0.3, -0.25) is 9.69 Å². The first-order valence-corrected chi connectivity index (χ1v) is 5.94. The van der Waals surface area contributed by atoms with Crippen LogP contribution in [-0.4, -0.2) is 73.0 Å². The summed E-state index contributed by atoms with van der Waals surface area (Å²) in [4.78, 5) is 23.1. The molecule has 0 bridgehead atoms. The van der Waals surface area contributed by atoms with Crippen molar-refractivity contribution in [2.24, 2.45) is 0 Å². The Morgan fingerprint density at radius 1 is 1.47 bits per heavy atom. The van der Waals surface area contributed by atoms with Crippen LogP contribution in [0.4, 0.5) is 0 Å². The highest BCUT2D eigenvalue weighted by molar-refractivity contribution is 5.86. The van der Waals surface area contributed by atoms with Gasteiger partial charge in [-0.25, -0.2) is 4.79 Å². The Kier molecular flexibility index (Phi) is 8.77. The number of hydrogen-bond donors (Lipinski definition) is 3. The summed E-state index contributed by atoms with van der Waals surface area (Å²) in [5.74, 6) is -1.41. The van der Waals surface area contributed by atoms with E-state index in [1.54, 1.807) is 11.9 Å². The Morgan fingerprint density at radius 3 is 2.63 bits per heavy atom. The Labute approximate surface area is 112 Å². The van der Waals surface area contributed by atoms with Gasteiger partial charge in [0.2, 0.25) is 0 Å². The van der Waals surface area contributed by atoms with Crippen LogP contribution < -0.4 is 5.32 Å². The smallest absolute Gasteiger partial charge is 0.333 e. The van der Waals surface area contributed by atoms with Gasteiger partial charge in [0.1, 0.15) is 12.7 Å². The summed E-state index contributed by atoms with van der Waals surface area (Å²) >= 11 is 0. The van der Waals surface area contributed by atoms with Crippen molar-refractivity contribution in [1.82, 2.24) is 10.2 Å². The number of carbonyl (C=O) groups excluding carboxylic acids is 1. The first-order chi connectivity index (χ1) is 8.82. The predicted molar refractivity (Wildman–Crippen MR) is 69.8 cm³/mol. The first kappa shape index (κ1) is 17.6. The fourth-order valence-corrected chi connectivity index (χ4v) is 1.20. The molecule has 7 heteroatoms. The average Bonchev–Trinajstić information content (AvgIpc) is 2.30. The highest BCUT2D eigenvalue weighted by Gasteiger charge is 2.09. The van der Waals surface area contributed by atoms with Crippen LogP contribution in [-0.2, 0) is 14.3 Å². The van der Waals surface area contributed by atoms with Gasteiger partial charge in [-0.05, 0) is 14.0 Å². The number of aliphatic hydroxyl groups excluding tert-OH is 1.